The van der Waals surface area contributed by atoms with Gasteiger partial charge in [0.1, 0.15) is 0 Å². The van der Waals surface area contributed by atoms with Gasteiger partial charge >= 0.3 is 5.97 Å². The summed E-state index contributed by atoms with van der Waals surface area (Å²) in [6.45, 7) is 6.00. The Labute approximate surface area is 101 Å². The van der Waals surface area contributed by atoms with E-state index in [2.05, 4.69) is 12.1 Å². The van der Waals surface area contributed by atoms with Crippen LogP contribution < -0.4 is 0 Å². The topological polar surface area (TPSA) is 57.5 Å². The van der Waals surface area contributed by atoms with Crippen molar-refractivity contribution in [1.29, 1.82) is 0 Å². The van der Waals surface area contributed by atoms with E-state index in [1.54, 1.807) is 0 Å². The number of carboxylic acids is 1. The fraction of sp³-hybridized carbons (Fsp3) is 0.500. The van der Waals surface area contributed by atoms with Crippen LogP contribution in [0.4, 0.5) is 0 Å². The average Bonchev–Trinajstić information content (AvgIpc) is 2.96. The van der Waals surface area contributed by atoms with Gasteiger partial charge in [-0.25, -0.2) is 4.79 Å². The summed E-state index contributed by atoms with van der Waals surface area (Å²) in [5, 5.41) is 18.9. The van der Waals surface area contributed by atoms with Crippen LogP contribution in [0, 0.1) is 20.8 Å². The van der Waals surface area contributed by atoms with Crippen LogP contribution in [0.25, 0.3) is 0 Å². The molecule has 3 nitrogen and oxygen atoms in total. The van der Waals surface area contributed by atoms with Gasteiger partial charge in [-0.1, -0.05) is 17.7 Å². The summed E-state index contributed by atoms with van der Waals surface area (Å²) in [5.74, 6) is -1.12. The maximum Gasteiger partial charge on any atom is 0.333 e. The van der Waals surface area contributed by atoms with Crippen molar-refractivity contribution >= 4 is 5.97 Å². The van der Waals surface area contributed by atoms with Gasteiger partial charge in [0.05, 0.1) is 0 Å². The van der Waals surface area contributed by atoms with Crippen molar-refractivity contribution < 1.29 is 15.0 Å². The summed E-state index contributed by atoms with van der Waals surface area (Å²) in [4.78, 5) is 11.0. The largest absolute Gasteiger partial charge is 0.479 e. The molecule has 0 aliphatic heterocycles. The van der Waals surface area contributed by atoms with E-state index in [1.807, 2.05) is 20.8 Å². The lowest BCUT2D eigenvalue weighted by molar-refractivity contribution is -0.148. The summed E-state index contributed by atoms with van der Waals surface area (Å²) in [6, 6.07) is 4.11. The summed E-state index contributed by atoms with van der Waals surface area (Å²) >= 11 is 0. The minimum absolute atomic E-state index is 0.548. The normalized spacial score (nSPS) is 18.8. The summed E-state index contributed by atoms with van der Waals surface area (Å²) < 4.78 is 0. The molecule has 1 fully saturated rings. The minimum Gasteiger partial charge on any atom is -0.479 e. The summed E-state index contributed by atoms with van der Waals surface area (Å²) in [5.41, 5.74) is 3.82. The second kappa shape index (κ2) is 3.84. The minimum atomic E-state index is -1.29. The van der Waals surface area contributed by atoms with Gasteiger partial charge < -0.3 is 10.2 Å². The molecular weight excluding hydrogens is 216 g/mol. The van der Waals surface area contributed by atoms with Crippen LogP contribution in [0.15, 0.2) is 12.1 Å². The molecule has 92 valence electrons. The summed E-state index contributed by atoms with van der Waals surface area (Å²) in [7, 11) is 0. The highest BCUT2D eigenvalue weighted by atomic mass is 16.4. The van der Waals surface area contributed by atoms with Crippen LogP contribution >= 0.6 is 0 Å². The number of carboxylic acid groups (broad SMARTS) is 1. The molecule has 0 amide bonds. The number of aryl methyl sites for hydroxylation is 3. The first-order valence-corrected chi connectivity index (χ1v) is 5.88. The molecule has 0 radical (unpaired) electrons. The molecule has 1 aliphatic rings. The molecule has 1 unspecified atom stereocenters. The van der Waals surface area contributed by atoms with Crippen LogP contribution in [0.2, 0.25) is 0 Å². The maximum atomic E-state index is 11.0. The first kappa shape index (κ1) is 12.1. The molecule has 0 bridgehead atoms. The van der Waals surface area contributed by atoms with E-state index >= 15 is 0 Å². The predicted octanol–water partition coefficient (Wildman–Crippen LogP) is 2.09. The number of hydrogen-bond donors (Lipinski definition) is 2. The highest BCUT2D eigenvalue weighted by Gasteiger charge is 2.54. The Morgan fingerprint density at radius 2 is 1.71 bits per heavy atom. The van der Waals surface area contributed by atoms with Crippen molar-refractivity contribution in [2.24, 2.45) is 0 Å². The Hall–Kier alpha value is -1.35. The molecule has 0 heterocycles. The van der Waals surface area contributed by atoms with E-state index < -0.39 is 17.5 Å². The third-order valence-electron chi connectivity index (χ3n) is 3.72. The number of carbonyl (C=O) groups is 1. The standard InChI is InChI=1S/C14H18O3/c1-8-6-9(2)11(10(3)7-8)14(4-5-14)12(15)13(16)17/h6-7,12,15H,4-5H2,1-3H3,(H,16,17). The Balaban J connectivity index is 2.51. The van der Waals surface area contributed by atoms with Gasteiger partial charge in [-0.2, -0.15) is 0 Å². The first-order valence-electron chi connectivity index (χ1n) is 5.88. The van der Waals surface area contributed by atoms with E-state index in [-0.39, 0.29) is 0 Å². The lowest BCUT2D eigenvalue weighted by Crippen LogP contribution is -2.35. The second-order valence-corrected chi connectivity index (χ2v) is 5.17. The molecule has 17 heavy (non-hydrogen) atoms. The van der Waals surface area contributed by atoms with Crippen molar-refractivity contribution in [2.75, 3.05) is 0 Å². The summed E-state index contributed by atoms with van der Waals surface area (Å²) in [6.07, 6.45) is 0.221. The Kier molecular flexibility index (Phi) is 2.74. The van der Waals surface area contributed by atoms with Gasteiger partial charge in [-0.05, 0) is 50.3 Å². The SMILES string of the molecule is Cc1cc(C)c(C2(C(O)C(=O)O)CC2)c(C)c1. The zero-order chi connectivity index (χ0) is 12.8. The number of aliphatic carboxylic acids is 1. The molecule has 0 spiro atoms. The van der Waals surface area contributed by atoms with Crippen LogP contribution in [0.5, 0.6) is 0 Å². The van der Waals surface area contributed by atoms with E-state index in [4.69, 9.17) is 5.11 Å². The number of aliphatic hydroxyl groups is 1. The van der Waals surface area contributed by atoms with Gasteiger partial charge in [-0.15, -0.1) is 0 Å². The maximum absolute atomic E-state index is 11.0. The third kappa shape index (κ3) is 1.84. The lowest BCUT2D eigenvalue weighted by atomic mass is 9.83. The van der Waals surface area contributed by atoms with E-state index in [9.17, 15) is 9.90 Å². The van der Waals surface area contributed by atoms with E-state index in [1.165, 1.54) is 5.56 Å². The van der Waals surface area contributed by atoms with E-state index in [0.29, 0.717) is 0 Å². The smallest absolute Gasteiger partial charge is 0.333 e. The van der Waals surface area contributed by atoms with E-state index in [0.717, 1.165) is 29.5 Å². The van der Waals surface area contributed by atoms with Gasteiger partial charge in [0.25, 0.3) is 0 Å². The first-order chi connectivity index (χ1) is 7.88. The van der Waals surface area contributed by atoms with Crippen molar-refractivity contribution in [3.63, 3.8) is 0 Å². The highest BCUT2D eigenvalue weighted by molar-refractivity contribution is 5.76. The van der Waals surface area contributed by atoms with Gasteiger partial charge in [-0.3, -0.25) is 0 Å². The molecule has 2 rings (SSSR count). The van der Waals surface area contributed by atoms with Crippen LogP contribution in [0.1, 0.15) is 35.1 Å². The predicted molar refractivity (Wildman–Crippen MR) is 65.2 cm³/mol. The Bertz CT molecular complexity index is 449. The molecule has 3 heteroatoms. The van der Waals surface area contributed by atoms with Crippen molar-refractivity contribution in [3.8, 4) is 0 Å². The zero-order valence-electron chi connectivity index (χ0n) is 10.4. The highest BCUT2D eigenvalue weighted by Crippen LogP contribution is 2.53. The molecule has 1 saturated carbocycles. The molecule has 1 aromatic carbocycles. The monoisotopic (exact) mass is 234 g/mol. The van der Waals surface area contributed by atoms with Crippen LogP contribution in [0.3, 0.4) is 0 Å². The molecule has 2 N–H and O–H groups in total. The lowest BCUT2D eigenvalue weighted by Gasteiger charge is -2.24. The van der Waals surface area contributed by atoms with Crippen molar-refractivity contribution in [1.82, 2.24) is 0 Å². The Morgan fingerprint density at radius 1 is 1.24 bits per heavy atom. The molecule has 1 aliphatic carbocycles. The fourth-order valence-corrected chi connectivity index (χ4v) is 3.00. The number of rotatable bonds is 3. The fourth-order valence-electron chi connectivity index (χ4n) is 3.00. The second-order valence-electron chi connectivity index (χ2n) is 5.17. The van der Waals surface area contributed by atoms with Crippen molar-refractivity contribution in [2.45, 2.75) is 45.1 Å². The van der Waals surface area contributed by atoms with Crippen molar-refractivity contribution in [3.05, 3.63) is 34.4 Å². The van der Waals surface area contributed by atoms with Crippen LogP contribution in [-0.4, -0.2) is 22.3 Å². The number of aliphatic hydroxyl groups excluding tert-OH is 1. The van der Waals surface area contributed by atoms with Gasteiger partial charge in [0.2, 0.25) is 0 Å². The Morgan fingerprint density at radius 3 is 2.06 bits per heavy atom. The average molecular weight is 234 g/mol. The number of benzene rings is 1. The quantitative estimate of drug-likeness (QED) is 0.842. The number of hydrogen-bond acceptors (Lipinski definition) is 2. The molecule has 0 aromatic heterocycles. The van der Waals surface area contributed by atoms with Gasteiger partial charge in [0.15, 0.2) is 6.10 Å². The molecule has 0 saturated heterocycles. The van der Waals surface area contributed by atoms with Gasteiger partial charge in [0, 0.05) is 5.41 Å². The van der Waals surface area contributed by atoms with Crippen LogP contribution in [-0.2, 0) is 10.2 Å². The molecule has 1 atom stereocenters. The third-order valence-corrected chi connectivity index (χ3v) is 3.72. The zero-order valence-corrected chi connectivity index (χ0v) is 10.4. The molecule has 1 aromatic rings. The molecular formula is C14H18O3.